The van der Waals surface area contributed by atoms with Gasteiger partial charge in [0.25, 0.3) is 0 Å². The number of ether oxygens (including phenoxy) is 1. The molecule has 11 aromatic carbocycles. The van der Waals surface area contributed by atoms with Crippen LogP contribution in [0.25, 0.3) is 76.5 Å². The zero-order chi connectivity index (χ0) is 42.1. The van der Waals surface area contributed by atoms with E-state index in [2.05, 4.69) is 240 Å². The quantitative estimate of drug-likeness (QED) is 0.150. The molecule has 0 unspecified atom stereocenters. The average molecular weight is 819 g/mol. The molecule has 13 rings (SSSR count). The fourth-order valence-electron chi connectivity index (χ4n) is 9.98. The van der Waals surface area contributed by atoms with Crippen LogP contribution in [0.5, 0.6) is 11.5 Å². The average Bonchev–Trinajstić information content (AvgIpc) is 3.75. The Hall–Kier alpha value is -8.60. The molecule has 0 amide bonds. The minimum atomic E-state index is 0.824. The van der Waals surface area contributed by atoms with Crippen LogP contribution in [0, 0.1) is 0 Å². The SMILES string of the molecule is c1ccc(N(c2ccccc2)c2cc3c4cccc5c4c(cc3c3ccccc23)-c2ccc(-c3cccc4c3oc3c(N(c6ccccc6)c6ccccc6)cccc34)cc2O5)cc1. The van der Waals surface area contributed by atoms with Gasteiger partial charge in [0.1, 0.15) is 17.1 Å². The summed E-state index contributed by atoms with van der Waals surface area (Å²) in [7, 11) is 0. The Kier molecular flexibility index (Phi) is 8.18. The van der Waals surface area contributed by atoms with Gasteiger partial charge in [0, 0.05) is 55.4 Å². The number of para-hydroxylation sites is 6. The lowest BCUT2D eigenvalue weighted by molar-refractivity contribution is 0.487. The maximum Gasteiger partial charge on any atom is 0.159 e. The molecule has 0 radical (unpaired) electrons. The topological polar surface area (TPSA) is 28.9 Å². The van der Waals surface area contributed by atoms with E-state index < -0.39 is 0 Å². The van der Waals surface area contributed by atoms with Gasteiger partial charge < -0.3 is 19.0 Å². The molecule has 0 fully saturated rings. The maximum absolute atomic E-state index is 7.03. The zero-order valence-electron chi connectivity index (χ0n) is 34.7. The highest BCUT2D eigenvalue weighted by Gasteiger charge is 2.26. The Morgan fingerprint density at radius 1 is 0.281 bits per heavy atom. The summed E-state index contributed by atoms with van der Waals surface area (Å²) in [4.78, 5) is 4.64. The lowest BCUT2D eigenvalue weighted by Crippen LogP contribution is -2.10. The van der Waals surface area contributed by atoms with E-state index in [4.69, 9.17) is 9.15 Å². The first-order chi connectivity index (χ1) is 31.8. The summed E-state index contributed by atoms with van der Waals surface area (Å²) < 4.78 is 14.0. The largest absolute Gasteiger partial charge is 0.456 e. The number of anilines is 6. The van der Waals surface area contributed by atoms with Gasteiger partial charge in [-0.1, -0.05) is 146 Å². The third kappa shape index (κ3) is 5.63. The standard InChI is InChI=1S/C60H38N2O2/c1-5-18-40(19-6-1)61(41-20-7-2-8-21-41)54-32-16-31-50-49-30-15-28-44(59(49)64-60(50)54)39-34-35-47-53-37-51-45-26-13-14-27-46(45)55(62(42-22-9-3-10-23-42)43-24-11-4-12-25-43)38-52(51)48-29-17-33-56(58(48)53)63-57(47)36-39/h1-38H. The van der Waals surface area contributed by atoms with Gasteiger partial charge in [0.15, 0.2) is 5.58 Å². The van der Waals surface area contributed by atoms with E-state index in [-0.39, 0.29) is 0 Å². The second-order valence-electron chi connectivity index (χ2n) is 16.4. The van der Waals surface area contributed by atoms with Gasteiger partial charge in [-0.15, -0.1) is 0 Å². The van der Waals surface area contributed by atoms with Gasteiger partial charge in [-0.3, -0.25) is 0 Å². The van der Waals surface area contributed by atoms with Crippen LogP contribution < -0.4 is 14.5 Å². The Morgan fingerprint density at radius 3 is 1.45 bits per heavy atom. The first kappa shape index (κ1) is 36.1. The van der Waals surface area contributed by atoms with Crippen LogP contribution >= 0.6 is 0 Å². The molecule has 2 heterocycles. The van der Waals surface area contributed by atoms with Crippen molar-refractivity contribution in [2.45, 2.75) is 0 Å². The van der Waals surface area contributed by atoms with Crippen LogP contribution in [0.4, 0.5) is 34.1 Å². The first-order valence-electron chi connectivity index (χ1n) is 21.8. The van der Waals surface area contributed by atoms with Crippen LogP contribution in [0.1, 0.15) is 0 Å². The lowest BCUT2D eigenvalue weighted by atomic mass is 9.87. The molecule has 0 saturated carbocycles. The molecular formula is C60H38N2O2. The minimum absolute atomic E-state index is 0.824. The zero-order valence-corrected chi connectivity index (χ0v) is 34.7. The Balaban J connectivity index is 0.975. The number of hydrogen-bond acceptors (Lipinski definition) is 4. The molecule has 0 aliphatic carbocycles. The van der Waals surface area contributed by atoms with Crippen LogP contribution in [-0.4, -0.2) is 0 Å². The van der Waals surface area contributed by atoms with Crippen LogP contribution in [0.15, 0.2) is 235 Å². The molecule has 0 N–H and O–H groups in total. The molecule has 1 aromatic heterocycles. The predicted octanol–water partition coefficient (Wildman–Crippen LogP) is 17.4. The van der Waals surface area contributed by atoms with E-state index in [1.165, 1.54) is 27.1 Å². The molecule has 12 aromatic rings. The van der Waals surface area contributed by atoms with Crippen molar-refractivity contribution in [1.29, 1.82) is 0 Å². The number of hydrogen-bond donors (Lipinski definition) is 0. The van der Waals surface area contributed by atoms with Gasteiger partial charge in [0.2, 0.25) is 0 Å². The van der Waals surface area contributed by atoms with Gasteiger partial charge in [0.05, 0.1) is 11.4 Å². The van der Waals surface area contributed by atoms with E-state index in [1.807, 2.05) is 0 Å². The molecule has 300 valence electrons. The van der Waals surface area contributed by atoms with Crippen LogP contribution in [0.2, 0.25) is 0 Å². The Morgan fingerprint density at radius 2 is 0.797 bits per heavy atom. The normalized spacial score (nSPS) is 11.9. The number of benzene rings is 11. The fraction of sp³-hybridized carbons (Fsp3) is 0. The summed E-state index contributed by atoms with van der Waals surface area (Å²) in [5.41, 5.74) is 12.4. The van der Waals surface area contributed by atoms with E-state index >= 15 is 0 Å². The second-order valence-corrected chi connectivity index (χ2v) is 16.4. The highest BCUT2D eigenvalue weighted by molar-refractivity contribution is 6.26. The summed E-state index contributed by atoms with van der Waals surface area (Å²) in [6.07, 6.45) is 0. The molecule has 0 saturated heterocycles. The third-order valence-electron chi connectivity index (χ3n) is 12.8. The van der Waals surface area contributed by atoms with Crippen molar-refractivity contribution in [2.24, 2.45) is 0 Å². The van der Waals surface area contributed by atoms with Crippen LogP contribution in [0.3, 0.4) is 0 Å². The number of rotatable bonds is 7. The van der Waals surface area contributed by atoms with E-state index in [0.717, 1.165) is 95.0 Å². The monoisotopic (exact) mass is 818 g/mol. The predicted molar refractivity (Wildman–Crippen MR) is 267 cm³/mol. The lowest BCUT2D eigenvalue weighted by Gasteiger charge is -2.28. The van der Waals surface area contributed by atoms with Crippen molar-refractivity contribution in [2.75, 3.05) is 9.80 Å². The Bertz CT molecular complexity index is 3670. The van der Waals surface area contributed by atoms with Gasteiger partial charge in [-0.05, 0) is 118 Å². The van der Waals surface area contributed by atoms with Crippen molar-refractivity contribution >= 4 is 88.4 Å². The van der Waals surface area contributed by atoms with E-state index in [1.54, 1.807) is 0 Å². The van der Waals surface area contributed by atoms with E-state index in [9.17, 15) is 0 Å². The highest BCUT2D eigenvalue weighted by atomic mass is 16.5. The van der Waals surface area contributed by atoms with Crippen molar-refractivity contribution in [1.82, 2.24) is 0 Å². The second kappa shape index (κ2) is 14.5. The molecule has 0 atom stereocenters. The van der Waals surface area contributed by atoms with Crippen molar-refractivity contribution in [3.63, 3.8) is 0 Å². The molecule has 64 heavy (non-hydrogen) atoms. The number of furan rings is 1. The summed E-state index contributed by atoms with van der Waals surface area (Å²) in [5.74, 6) is 1.68. The summed E-state index contributed by atoms with van der Waals surface area (Å²) in [5, 5.41) is 9.20. The smallest absolute Gasteiger partial charge is 0.159 e. The van der Waals surface area contributed by atoms with Gasteiger partial charge >= 0.3 is 0 Å². The Labute approximate surface area is 370 Å². The molecule has 1 aliphatic rings. The fourth-order valence-corrected chi connectivity index (χ4v) is 9.98. The summed E-state index contributed by atoms with van der Waals surface area (Å²) in [6.45, 7) is 0. The number of fused-ring (bicyclic) bond motifs is 9. The highest BCUT2D eigenvalue weighted by Crippen LogP contribution is 2.53. The number of nitrogens with zero attached hydrogens (tertiary/aromatic N) is 2. The maximum atomic E-state index is 7.03. The van der Waals surface area contributed by atoms with Crippen molar-refractivity contribution in [3.05, 3.63) is 231 Å². The molecule has 1 aliphatic heterocycles. The van der Waals surface area contributed by atoms with Crippen LogP contribution in [-0.2, 0) is 0 Å². The molecule has 0 spiro atoms. The molecular weight excluding hydrogens is 781 g/mol. The summed E-state index contributed by atoms with van der Waals surface area (Å²) >= 11 is 0. The third-order valence-corrected chi connectivity index (χ3v) is 12.8. The van der Waals surface area contributed by atoms with Gasteiger partial charge in [-0.25, -0.2) is 0 Å². The van der Waals surface area contributed by atoms with Crippen molar-refractivity contribution < 1.29 is 9.15 Å². The first-order valence-corrected chi connectivity index (χ1v) is 21.8. The molecule has 0 bridgehead atoms. The van der Waals surface area contributed by atoms with E-state index in [0.29, 0.717) is 0 Å². The minimum Gasteiger partial charge on any atom is -0.456 e. The van der Waals surface area contributed by atoms with Gasteiger partial charge in [-0.2, -0.15) is 0 Å². The summed E-state index contributed by atoms with van der Waals surface area (Å²) in [6, 6.07) is 81.8. The molecule has 4 heteroatoms. The molecule has 4 nitrogen and oxygen atoms in total. The van der Waals surface area contributed by atoms with Crippen molar-refractivity contribution in [3.8, 4) is 33.8 Å².